The number of rotatable bonds is 15. The lowest BCUT2D eigenvalue weighted by molar-refractivity contribution is -0.143. The number of fused-ring (bicyclic) bond motifs is 1. The molecule has 0 spiro atoms. The Kier molecular flexibility index (Phi) is 10.9. The highest BCUT2D eigenvalue weighted by Gasteiger charge is 2.47. The number of benzene rings is 1. The zero-order valence-corrected chi connectivity index (χ0v) is 24.4. The smallest absolute Gasteiger partial charge is 0.308 e. The molecule has 2 aliphatic heterocycles. The molecular weight excluding hydrogens is 504 g/mol. The van der Waals surface area contributed by atoms with Gasteiger partial charge in [0.25, 0.3) is 0 Å². The maximum absolute atomic E-state index is 13.7. The van der Waals surface area contributed by atoms with Gasteiger partial charge < -0.3 is 19.6 Å². The molecule has 1 aromatic heterocycles. The second-order valence-corrected chi connectivity index (χ2v) is 11.5. The number of aryl methyl sites for hydroxylation is 1. The van der Waals surface area contributed by atoms with E-state index in [0.29, 0.717) is 26.0 Å². The topological polar surface area (TPSA) is 86.2 Å². The Morgan fingerprint density at radius 2 is 1.90 bits per heavy atom. The van der Waals surface area contributed by atoms with Crippen LogP contribution in [0.15, 0.2) is 42.6 Å². The summed E-state index contributed by atoms with van der Waals surface area (Å²) in [6, 6.07) is 11.7. The number of carboxylic acid groups (broad SMARTS) is 1. The Bertz CT molecular complexity index is 1110. The number of aliphatic carboxylic acids is 1. The molecule has 2 aliphatic rings. The number of carboxylic acids is 1. The summed E-state index contributed by atoms with van der Waals surface area (Å²) >= 11 is 0. The van der Waals surface area contributed by atoms with Crippen LogP contribution >= 0.6 is 0 Å². The summed E-state index contributed by atoms with van der Waals surface area (Å²) in [6.07, 6.45) is 7.96. The second kappa shape index (κ2) is 14.6. The number of carbonyl (C=O) groups excluding carboxylic acids is 1. The number of nitrogens with zero attached hydrogens (tertiary/aromatic N) is 4. The van der Waals surface area contributed by atoms with Crippen molar-refractivity contribution < 1.29 is 19.4 Å². The van der Waals surface area contributed by atoms with Crippen molar-refractivity contribution in [3.8, 4) is 5.75 Å². The highest BCUT2D eigenvalue weighted by atomic mass is 16.5. The Balaban J connectivity index is 1.54. The quantitative estimate of drug-likeness (QED) is 0.334. The van der Waals surface area contributed by atoms with Gasteiger partial charge in [0.2, 0.25) is 5.91 Å². The minimum Gasteiger partial charge on any atom is -0.493 e. The summed E-state index contributed by atoms with van der Waals surface area (Å²) in [4.78, 5) is 37.3. The average molecular weight is 551 g/mol. The maximum atomic E-state index is 13.7. The van der Waals surface area contributed by atoms with Crippen LogP contribution in [0.25, 0.3) is 0 Å². The van der Waals surface area contributed by atoms with Crippen molar-refractivity contribution in [1.82, 2.24) is 19.7 Å². The molecular formula is C32H46N4O4. The van der Waals surface area contributed by atoms with Crippen molar-refractivity contribution in [2.75, 3.05) is 53.4 Å². The predicted octanol–water partition coefficient (Wildman–Crippen LogP) is 4.09. The van der Waals surface area contributed by atoms with Gasteiger partial charge in [0.15, 0.2) is 0 Å². The first-order chi connectivity index (χ1) is 19.4. The Morgan fingerprint density at radius 1 is 1.10 bits per heavy atom. The molecule has 1 unspecified atom stereocenters. The van der Waals surface area contributed by atoms with E-state index in [-0.39, 0.29) is 24.4 Å². The number of hydrogen-bond acceptors (Lipinski definition) is 6. The second-order valence-electron chi connectivity index (χ2n) is 11.5. The van der Waals surface area contributed by atoms with E-state index in [1.807, 2.05) is 35.2 Å². The molecule has 1 amide bonds. The van der Waals surface area contributed by atoms with E-state index in [1.165, 1.54) is 0 Å². The molecule has 0 bridgehead atoms. The maximum Gasteiger partial charge on any atom is 0.308 e. The van der Waals surface area contributed by atoms with E-state index in [2.05, 4.69) is 41.9 Å². The van der Waals surface area contributed by atoms with Crippen molar-refractivity contribution in [3.05, 3.63) is 59.4 Å². The lowest BCUT2D eigenvalue weighted by atomic mass is 9.83. The fourth-order valence-corrected chi connectivity index (χ4v) is 6.18. The van der Waals surface area contributed by atoms with Gasteiger partial charge in [0, 0.05) is 49.9 Å². The zero-order valence-electron chi connectivity index (χ0n) is 24.4. The monoisotopic (exact) mass is 550 g/mol. The van der Waals surface area contributed by atoms with Gasteiger partial charge in [-0.25, -0.2) is 0 Å². The zero-order chi connectivity index (χ0) is 28.5. The largest absolute Gasteiger partial charge is 0.493 e. The average Bonchev–Trinajstić information content (AvgIpc) is 3.56. The normalized spacial score (nSPS) is 20.4. The van der Waals surface area contributed by atoms with Crippen molar-refractivity contribution in [2.45, 2.75) is 63.8 Å². The van der Waals surface area contributed by atoms with Crippen LogP contribution in [0.2, 0.25) is 0 Å². The van der Waals surface area contributed by atoms with Crippen molar-refractivity contribution in [3.63, 3.8) is 0 Å². The van der Waals surface area contributed by atoms with Crippen LogP contribution in [0.3, 0.4) is 0 Å². The Morgan fingerprint density at radius 3 is 2.62 bits per heavy atom. The summed E-state index contributed by atoms with van der Waals surface area (Å²) in [5, 5.41) is 10.5. The number of carbonyl (C=O) groups is 2. The van der Waals surface area contributed by atoms with E-state index in [4.69, 9.17) is 4.74 Å². The first-order valence-electron chi connectivity index (χ1n) is 14.9. The lowest BCUT2D eigenvalue weighted by Crippen LogP contribution is -2.45. The van der Waals surface area contributed by atoms with Crippen LogP contribution in [0.1, 0.15) is 61.8 Å². The van der Waals surface area contributed by atoms with Gasteiger partial charge in [-0.3, -0.25) is 19.5 Å². The standard InChI is InChI=1S/C32H46N4O4/c1-4-5-18-35(19-9-8-17-34(2)3)30(37)23-36-22-27(24-11-14-29-25(21-24)15-20-40-29)31(32(38)39)28(36)13-12-26-10-6-7-16-33-26/h6-7,10-11,14,16,21,27-28,31H,4-5,8-9,12-13,15,17-20,22-23H2,1-3H3,(H,38,39)/t27-,28+,31?/m1/s1. The SMILES string of the molecule is CCCCN(CCCCN(C)C)C(=O)CN1C[C@H](c2ccc3c(c2)CCO3)C(C(=O)O)[C@@H]1CCc1ccccn1. The number of amides is 1. The molecule has 3 heterocycles. The molecule has 40 heavy (non-hydrogen) atoms. The Labute approximate surface area is 239 Å². The fourth-order valence-electron chi connectivity index (χ4n) is 6.18. The number of hydrogen-bond donors (Lipinski definition) is 1. The van der Waals surface area contributed by atoms with Crippen LogP contribution in [-0.4, -0.2) is 96.1 Å². The Hall–Kier alpha value is -2.97. The molecule has 1 saturated heterocycles. The van der Waals surface area contributed by atoms with Gasteiger partial charge >= 0.3 is 5.97 Å². The van der Waals surface area contributed by atoms with Crippen LogP contribution < -0.4 is 4.74 Å². The molecule has 4 rings (SSSR count). The predicted molar refractivity (Wildman–Crippen MR) is 157 cm³/mol. The van der Waals surface area contributed by atoms with Gasteiger partial charge in [-0.15, -0.1) is 0 Å². The summed E-state index contributed by atoms with van der Waals surface area (Å²) in [5.41, 5.74) is 3.12. The van der Waals surface area contributed by atoms with E-state index >= 15 is 0 Å². The third-order valence-electron chi connectivity index (χ3n) is 8.35. The molecule has 2 aromatic rings. The van der Waals surface area contributed by atoms with E-state index in [9.17, 15) is 14.7 Å². The number of ether oxygens (including phenoxy) is 1. The highest BCUT2D eigenvalue weighted by Crippen LogP contribution is 2.41. The number of unbranched alkanes of at least 4 members (excludes halogenated alkanes) is 2. The molecule has 1 N–H and O–H groups in total. The van der Waals surface area contributed by atoms with Crippen molar-refractivity contribution in [1.29, 1.82) is 0 Å². The number of pyridine rings is 1. The van der Waals surface area contributed by atoms with Crippen molar-refractivity contribution >= 4 is 11.9 Å². The highest BCUT2D eigenvalue weighted by molar-refractivity contribution is 5.79. The summed E-state index contributed by atoms with van der Waals surface area (Å²) in [5.74, 6) is -0.578. The number of likely N-dealkylation sites (tertiary alicyclic amines) is 1. The summed E-state index contributed by atoms with van der Waals surface area (Å²) in [7, 11) is 4.14. The molecule has 1 aromatic carbocycles. The molecule has 0 saturated carbocycles. The lowest BCUT2D eigenvalue weighted by Gasteiger charge is -2.30. The first kappa shape index (κ1) is 30.0. The first-order valence-corrected chi connectivity index (χ1v) is 14.9. The van der Waals surface area contributed by atoms with E-state index < -0.39 is 11.9 Å². The molecule has 0 radical (unpaired) electrons. The third-order valence-corrected chi connectivity index (χ3v) is 8.35. The number of aromatic nitrogens is 1. The molecule has 8 heteroatoms. The van der Waals surface area contributed by atoms with Gasteiger partial charge in [0.1, 0.15) is 5.75 Å². The molecule has 0 aliphatic carbocycles. The van der Waals surface area contributed by atoms with Crippen LogP contribution in [0.5, 0.6) is 5.75 Å². The van der Waals surface area contributed by atoms with Crippen LogP contribution in [0.4, 0.5) is 0 Å². The van der Waals surface area contributed by atoms with Crippen LogP contribution in [-0.2, 0) is 22.4 Å². The minimum absolute atomic E-state index is 0.105. The van der Waals surface area contributed by atoms with E-state index in [0.717, 1.165) is 74.3 Å². The fraction of sp³-hybridized carbons (Fsp3) is 0.594. The third kappa shape index (κ3) is 7.82. The molecule has 8 nitrogen and oxygen atoms in total. The van der Waals surface area contributed by atoms with Crippen molar-refractivity contribution in [2.24, 2.45) is 5.92 Å². The molecule has 218 valence electrons. The summed E-state index contributed by atoms with van der Waals surface area (Å²) in [6.45, 7) is 6.12. The summed E-state index contributed by atoms with van der Waals surface area (Å²) < 4.78 is 5.70. The molecule has 3 atom stereocenters. The van der Waals surface area contributed by atoms with Crippen LogP contribution in [0, 0.1) is 5.92 Å². The van der Waals surface area contributed by atoms with Gasteiger partial charge in [-0.2, -0.15) is 0 Å². The molecule has 1 fully saturated rings. The van der Waals surface area contributed by atoms with Gasteiger partial charge in [-0.05, 0) is 82.1 Å². The van der Waals surface area contributed by atoms with Gasteiger partial charge in [0.05, 0.1) is 19.1 Å². The van der Waals surface area contributed by atoms with Gasteiger partial charge in [-0.1, -0.05) is 31.5 Å². The minimum atomic E-state index is -0.797. The van der Waals surface area contributed by atoms with E-state index in [1.54, 1.807) is 6.20 Å².